The highest BCUT2D eigenvalue weighted by Crippen LogP contribution is 2.40. The zero-order valence-corrected chi connectivity index (χ0v) is 14.4. The van der Waals surface area contributed by atoms with Crippen molar-refractivity contribution in [2.75, 3.05) is 30.5 Å². The number of nitrogen functional groups attached to an aromatic ring is 1. The van der Waals surface area contributed by atoms with Crippen molar-refractivity contribution in [3.05, 3.63) is 4.88 Å². The van der Waals surface area contributed by atoms with E-state index in [0.717, 1.165) is 17.8 Å². The standard InChI is InChI=1S/C13H22N2O4S2/c1-5-21(17,18)11-9(14)10(13(16)19-4)20-12(11)15-7-6-8(2)3/h8,15H,5-7,14H2,1-4H3. The zero-order chi connectivity index (χ0) is 16.2. The van der Waals surface area contributed by atoms with Crippen molar-refractivity contribution in [2.24, 2.45) is 5.92 Å². The molecule has 1 rings (SSSR count). The highest BCUT2D eigenvalue weighted by molar-refractivity contribution is 7.91. The van der Waals surface area contributed by atoms with E-state index >= 15 is 0 Å². The molecular weight excluding hydrogens is 312 g/mol. The molecule has 0 fully saturated rings. The van der Waals surface area contributed by atoms with Gasteiger partial charge in [-0.15, -0.1) is 11.3 Å². The van der Waals surface area contributed by atoms with Gasteiger partial charge in [-0.2, -0.15) is 0 Å². The zero-order valence-electron chi connectivity index (χ0n) is 12.7. The summed E-state index contributed by atoms with van der Waals surface area (Å²) >= 11 is 1.02. The van der Waals surface area contributed by atoms with Gasteiger partial charge in [-0.25, -0.2) is 13.2 Å². The van der Waals surface area contributed by atoms with Gasteiger partial charge in [0.1, 0.15) is 14.8 Å². The number of carbonyl (C=O) groups is 1. The molecule has 120 valence electrons. The number of esters is 1. The molecule has 0 radical (unpaired) electrons. The number of sulfone groups is 1. The predicted octanol–water partition coefficient (Wildman–Crippen LogP) is 2.37. The first-order valence-corrected chi connectivity index (χ1v) is 9.18. The molecule has 8 heteroatoms. The van der Waals surface area contributed by atoms with Crippen LogP contribution < -0.4 is 11.1 Å². The Labute approximate surface area is 129 Å². The maximum atomic E-state index is 12.2. The fourth-order valence-corrected chi connectivity index (χ4v) is 4.33. The van der Waals surface area contributed by atoms with Gasteiger partial charge in [0.05, 0.1) is 18.6 Å². The van der Waals surface area contributed by atoms with Crippen molar-refractivity contribution in [3.8, 4) is 0 Å². The minimum absolute atomic E-state index is 0.0131. The van der Waals surface area contributed by atoms with Crippen LogP contribution in [0.2, 0.25) is 0 Å². The topological polar surface area (TPSA) is 98.5 Å². The smallest absolute Gasteiger partial charge is 0.350 e. The number of thiophene rings is 1. The van der Waals surface area contributed by atoms with Gasteiger partial charge in [0, 0.05) is 6.54 Å². The van der Waals surface area contributed by atoms with E-state index in [9.17, 15) is 13.2 Å². The average molecular weight is 334 g/mol. The number of rotatable bonds is 7. The Morgan fingerprint density at radius 1 is 1.43 bits per heavy atom. The lowest BCUT2D eigenvalue weighted by Gasteiger charge is -2.09. The molecule has 21 heavy (non-hydrogen) atoms. The van der Waals surface area contributed by atoms with E-state index in [-0.39, 0.29) is 21.2 Å². The summed E-state index contributed by atoms with van der Waals surface area (Å²) in [5.41, 5.74) is 5.84. The molecule has 0 atom stereocenters. The summed E-state index contributed by atoms with van der Waals surface area (Å²) in [7, 11) is -2.28. The van der Waals surface area contributed by atoms with Crippen LogP contribution in [0.5, 0.6) is 0 Å². The van der Waals surface area contributed by atoms with Gasteiger partial charge in [0.2, 0.25) is 0 Å². The van der Waals surface area contributed by atoms with Crippen LogP contribution >= 0.6 is 11.3 Å². The van der Waals surface area contributed by atoms with Crippen LogP contribution in [0.15, 0.2) is 4.90 Å². The third kappa shape index (κ3) is 4.10. The summed E-state index contributed by atoms with van der Waals surface area (Å²) in [5.74, 6) is -0.212. The van der Waals surface area contributed by atoms with Gasteiger partial charge >= 0.3 is 5.97 Å². The molecule has 1 aromatic heterocycles. The number of nitrogens with two attached hydrogens (primary N) is 1. The monoisotopic (exact) mass is 334 g/mol. The number of nitrogens with one attached hydrogen (secondary N) is 1. The van der Waals surface area contributed by atoms with E-state index in [0.29, 0.717) is 17.5 Å². The Balaban J connectivity index is 3.24. The summed E-state index contributed by atoms with van der Waals surface area (Å²) < 4.78 is 29.0. The minimum atomic E-state index is -3.52. The molecule has 0 spiro atoms. The molecule has 0 aliphatic heterocycles. The maximum absolute atomic E-state index is 12.2. The molecule has 0 amide bonds. The Morgan fingerprint density at radius 3 is 2.52 bits per heavy atom. The van der Waals surface area contributed by atoms with E-state index in [1.165, 1.54) is 7.11 Å². The summed E-state index contributed by atoms with van der Waals surface area (Å²) in [6.07, 6.45) is 0.886. The normalized spacial score (nSPS) is 11.7. The first kappa shape index (κ1) is 17.8. The van der Waals surface area contributed by atoms with Gasteiger partial charge in [-0.3, -0.25) is 0 Å². The van der Waals surface area contributed by atoms with Crippen molar-refractivity contribution >= 4 is 37.8 Å². The van der Waals surface area contributed by atoms with Crippen molar-refractivity contribution in [3.63, 3.8) is 0 Å². The number of hydrogen-bond acceptors (Lipinski definition) is 7. The van der Waals surface area contributed by atoms with Crippen LogP contribution in [0.1, 0.15) is 36.9 Å². The highest BCUT2D eigenvalue weighted by Gasteiger charge is 2.29. The Hall–Kier alpha value is -1.28. The van der Waals surface area contributed by atoms with Crippen LogP contribution in [-0.2, 0) is 14.6 Å². The predicted molar refractivity (Wildman–Crippen MR) is 85.7 cm³/mol. The van der Waals surface area contributed by atoms with Crippen molar-refractivity contribution in [1.82, 2.24) is 0 Å². The SMILES string of the molecule is CCS(=O)(=O)c1c(NCCC(C)C)sc(C(=O)OC)c1N. The van der Waals surface area contributed by atoms with Crippen LogP contribution in [0.25, 0.3) is 0 Å². The molecule has 0 aliphatic carbocycles. The molecule has 0 saturated heterocycles. The van der Waals surface area contributed by atoms with E-state index < -0.39 is 15.8 Å². The average Bonchev–Trinajstić information content (AvgIpc) is 2.75. The van der Waals surface area contributed by atoms with Crippen LogP contribution in [0.4, 0.5) is 10.7 Å². The molecule has 6 nitrogen and oxygen atoms in total. The second-order valence-corrected chi connectivity index (χ2v) is 8.24. The second-order valence-electron chi connectivity index (χ2n) is 5.01. The summed E-state index contributed by atoms with van der Waals surface area (Å²) in [4.78, 5) is 11.8. The van der Waals surface area contributed by atoms with E-state index in [1.54, 1.807) is 6.92 Å². The van der Waals surface area contributed by atoms with Gasteiger partial charge < -0.3 is 15.8 Å². The second kappa shape index (κ2) is 7.13. The lowest BCUT2D eigenvalue weighted by molar-refractivity contribution is 0.0607. The van der Waals surface area contributed by atoms with Gasteiger partial charge in [-0.1, -0.05) is 20.8 Å². The summed E-state index contributed by atoms with van der Waals surface area (Å²) in [6.45, 7) is 6.31. The van der Waals surface area contributed by atoms with Crippen molar-refractivity contribution in [1.29, 1.82) is 0 Å². The maximum Gasteiger partial charge on any atom is 0.350 e. The number of methoxy groups -OCH3 is 1. The fraction of sp³-hybridized carbons (Fsp3) is 0.615. The van der Waals surface area contributed by atoms with Gasteiger partial charge in [-0.05, 0) is 12.3 Å². The van der Waals surface area contributed by atoms with Gasteiger partial charge in [0.15, 0.2) is 9.84 Å². The molecule has 0 aromatic carbocycles. The number of ether oxygens (including phenoxy) is 1. The molecule has 1 aromatic rings. The van der Waals surface area contributed by atoms with Gasteiger partial charge in [0.25, 0.3) is 0 Å². The van der Waals surface area contributed by atoms with Crippen LogP contribution in [-0.4, -0.2) is 33.8 Å². The third-order valence-corrected chi connectivity index (χ3v) is 6.05. The summed E-state index contributed by atoms with van der Waals surface area (Å²) in [5, 5.41) is 3.49. The van der Waals surface area contributed by atoms with E-state index in [1.807, 2.05) is 0 Å². The Kier molecular flexibility index (Phi) is 6.03. The molecule has 0 saturated carbocycles. The largest absolute Gasteiger partial charge is 0.465 e. The molecule has 0 unspecified atom stereocenters. The molecule has 0 aliphatic rings. The van der Waals surface area contributed by atoms with Crippen LogP contribution in [0, 0.1) is 5.92 Å². The van der Waals surface area contributed by atoms with Crippen molar-refractivity contribution < 1.29 is 17.9 Å². The summed E-state index contributed by atoms with van der Waals surface area (Å²) in [6, 6.07) is 0. The molecule has 1 heterocycles. The first-order valence-electron chi connectivity index (χ1n) is 6.71. The van der Waals surface area contributed by atoms with Crippen molar-refractivity contribution in [2.45, 2.75) is 32.1 Å². The molecular formula is C13H22N2O4S2. The Bertz CT molecular complexity index is 606. The number of hydrogen-bond donors (Lipinski definition) is 2. The number of carbonyl (C=O) groups excluding carboxylic acids is 1. The van der Waals surface area contributed by atoms with Crippen LogP contribution in [0.3, 0.4) is 0 Å². The quantitative estimate of drug-likeness (QED) is 0.743. The molecule has 3 N–H and O–H groups in total. The third-order valence-electron chi connectivity index (χ3n) is 2.97. The van der Waals surface area contributed by atoms with E-state index in [4.69, 9.17) is 5.73 Å². The fourth-order valence-electron chi connectivity index (χ4n) is 1.72. The lowest BCUT2D eigenvalue weighted by atomic mass is 10.1. The Morgan fingerprint density at radius 2 is 2.05 bits per heavy atom. The minimum Gasteiger partial charge on any atom is -0.465 e. The first-order chi connectivity index (χ1) is 9.74. The lowest BCUT2D eigenvalue weighted by Crippen LogP contribution is -2.11. The molecule has 0 bridgehead atoms. The highest BCUT2D eigenvalue weighted by atomic mass is 32.2. The number of anilines is 2. The van der Waals surface area contributed by atoms with E-state index in [2.05, 4.69) is 23.9 Å².